The van der Waals surface area contributed by atoms with E-state index < -0.39 is 23.5 Å². The van der Waals surface area contributed by atoms with Crippen molar-refractivity contribution in [2.45, 2.75) is 50.6 Å². The molecule has 2 N–H and O–H groups in total. The quantitative estimate of drug-likeness (QED) is 0.684. The largest absolute Gasteiger partial charge is 0.480 e. The summed E-state index contributed by atoms with van der Waals surface area (Å²) in [6, 6.07) is -0.955. The highest BCUT2D eigenvalue weighted by molar-refractivity contribution is 5.76. The molecular formula is C12H20F2N2O3. The number of hydrogen-bond donors (Lipinski definition) is 2. The van der Waals surface area contributed by atoms with Crippen LogP contribution in [-0.4, -0.2) is 53.0 Å². The summed E-state index contributed by atoms with van der Waals surface area (Å²) in [4.78, 5) is 22.7. The highest BCUT2D eigenvalue weighted by Crippen LogP contribution is 2.38. The Bertz CT molecular complexity index is 348. The Hall–Kier alpha value is -1.24. The zero-order valence-electron chi connectivity index (χ0n) is 11.2. The maximum Gasteiger partial charge on any atom is 0.326 e. The predicted octanol–water partition coefficient (Wildman–Crippen LogP) is 1.09. The topological polar surface area (TPSA) is 69.6 Å². The normalized spacial score (nSPS) is 22.9. The van der Waals surface area contributed by atoms with Crippen molar-refractivity contribution in [2.75, 3.05) is 13.1 Å². The molecular weight excluding hydrogens is 258 g/mol. The zero-order valence-corrected chi connectivity index (χ0v) is 11.2. The van der Waals surface area contributed by atoms with Crippen LogP contribution in [0.25, 0.3) is 0 Å². The molecule has 1 fully saturated rings. The van der Waals surface area contributed by atoms with E-state index in [1.807, 2.05) is 0 Å². The minimum absolute atomic E-state index is 0.186. The molecule has 19 heavy (non-hydrogen) atoms. The Kier molecular flexibility index (Phi) is 4.84. The van der Waals surface area contributed by atoms with Crippen LogP contribution in [0.2, 0.25) is 0 Å². The molecule has 1 heterocycles. The molecule has 0 aliphatic carbocycles. The summed E-state index contributed by atoms with van der Waals surface area (Å²) < 4.78 is 26.7. The van der Waals surface area contributed by atoms with Crippen molar-refractivity contribution in [1.82, 2.24) is 10.2 Å². The Morgan fingerprint density at radius 1 is 1.53 bits per heavy atom. The molecule has 7 heteroatoms. The number of hydrogen-bond acceptors (Lipinski definition) is 3. The maximum absolute atomic E-state index is 13.3. The molecule has 0 saturated carbocycles. The van der Waals surface area contributed by atoms with Gasteiger partial charge in [-0.15, -0.1) is 0 Å². The smallest absolute Gasteiger partial charge is 0.326 e. The first kappa shape index (κ1) is 15.8. The highest BCUT2D eigenvalue weighted by Gasteiger charge is 2.49. The van der Waals surface area contributed by atoms with Gasteiger partial charge in [-0.05, 0) is 33.2 Å². The maximum atomic E-state index is 13.3. The second-order valence-electron chi connectivity index (χ2n) is 5.58. The van der Waals surface area contributed by atoms with Gasteiger partial charge in [0.15, 0.2) is 0 Å². The van der Waals surface area contributed by atoms with E-state index in [1.54, 1.807) is 18.7 Å². The SMILES string of the molecule is CC1(C)CC(F)(F)CN1CCCC(NC=O)C(=O)O. The lowest BCUT2D eigenvalue weighted by Crippen LogP contribution is -2.40. The number of carbonyl (C=O) groups excluding carboxylic acids is 1. The fourth-order valence-corrected chi connectivity index (χ4v) is 2.52. The Labute approximate surface area is 111 Å². The number of alkyl halides is 2. The van der Waals surface area contributed by atoms with Gasteiger partial charge in [0.1, 0.15) is 6.04 Å². The van der Waals surface area contributed by atoms with Gasteiger partial charge in [-0.2, -0.15) is 0 Å². The zero-order chi connectivity index (χ0) is 14.7. The number of likely N-dealkylation sites (tertiary alicyclic amines) is 1. The standard InChI is InChI=1S/C12H20F2N2O3/c1-11(2)6-12(13,14)7-16(11)5-3-4-9(10(18)19)15-8-17/h8-9H,3-7H2,1-2H3,(H,15,17)(H,18,19). The van der Waals surface area contributed by atoms with Crippen LogP contribution in [0, 0.1) is 0 Å². The number of nitrogens with one attached hydrogen (secondary N) is 1. The lowest BCUT2D eigenvalue weighted by atomic mass is 10.0. The van der Waals surface area contributed by atoms with Crippen LogP contribution in [0.15, 0.2) is 0 Å². The molecule has 110 valence electrons. The molecule has 1 unspecified atom stereocenters. The first-order valence-corrected chi connectivity index (χ1v) is 6.23. The van der Waals surface area contributed by atoms with Crippen LogP contribution in [0.4, 0.5) is 8.78 Å². The number of aliphatic carboxylic acids is 1. The number of nitrogens with zero attached hydrogens (tertiary/aromatic N) is 1. The van der Waals surface area contributed by atoms with E-state index in [4.69, 9.17) is 5.11 Å². The van der Waals surface area contributed by atoms with Gasteiger partial charge >= 0.3 is 5.97 Å². The summed E-state index contributed by atoms with van der Waals surface area (Å²) in [5, 5.41) is 11.0. The Morgan fingerprint density at radius 3 is 2.58 bits per heavy atom. The van der Waals surface area contributed by atoms with Crippen molar-refractivity contribution in [3.8, 4) is 0 Å². The average Bonchev–Trinajstić information content (AvgIpc) is 2.45. The summed E-state index contributed by atoms with van der Waals surface area (Å²) in [7, 11) is 0. The van der Waals surface area contributed by atoms with Gasteiger partial charge < -0.3 is 10.4 Å². The molecule has 1 rings (SSSR count). The molecule has 0 spiro atoms. The summed E-state index contributed by atoms with van der Waals surface area (Å²) in [6.45, 7) is 3.62. The molecule has 1 saturated heterocycles. The number of amides is 1. The van der Waals surface area contributed by atoms with Gasteiger partial charge in [0.05, 0.1) is 6.54 Å². The summed E-state index contributed by atoms with van der Waals surface area (Å²) in [5.41, 5.74) is -0.583. The number of rotatable bonds is 7. The van der Waals surface area contributed by atoms with Crippen molar-refractivity contribution >= 4 is 12.4 Å². The first-order chi connectivity index (χ1) is 8.68. The number of halogens is 2. The van der Waals surface area contributed by atoms with Gasteiger partial charge in [0.2, 0.25) is 6.41 Å². The van der Waals surface area contributed by atoms with Crippen LogP contribution < -0.4 is 5.32 Å². The first-order valence-electron chi connectivity index (χ1n) is 6.23. The van der Waals surface area contributed by atoms with E-state index in [0.29, 0.717) is 19.4 Å². The van der Waals surface area contributed by atoms with E-state index >= 15 is 0 Å². The van der Waals surface area contributed by atoms with E-state index in [0.717, 1.165) is 0 Å². The minimum Gasteiger partial charge on any atom is -0.480 e. The van der Waals surface area contributed by atoms with E-state index in [-0.39, 0.29) is 19.4 Å². The fraction of sp³-hybridized carbons (Fsp3) is 0.833. The molecule has 0 bridgehead atoms. The third-order valence-corrected chi connectivity index (χ3v) is 3.46. The summed E-state index contributed by atoms with van der Waals surface area (Å²) in [6.07, 6.45) is 0.825. The van der Waals surface area contributed by atoms with Crippen LogP contribution >= 0.6 is 0 Å². The van der Waals surface area contributed by atoms with Crippen LogP contribution in [-0.2, 0) is 9.59 Å². The minimum atomic E-state index is -2.68. The molecule has 1 aliphatic rings. The van der Waals surface area contributed by atoms with Crippen LogP contribution in [0.1, 0.15) is 33.1 Å². The Morgan fingerprint density at radius 2 is 2.16 bits per heavy atom. The molecule has 1 atom stereocenters. The Balaban J connectivity index is 2.44. The highest BCUT2D eigenvalue weighted by atomic mass is 19.3. The molecule has 0 aromatic carbocycles. The summed E-state index contributed by atoms with van der Waals surface area (Å²) in [5.74, 6) is -3.80. The molecule has 0 radical (unpaired) electrons. The molecule has 5 nitrogen and oxygen atoms in total. The fourth-order valence-electron chi connectivity index (χ4n) is 2.52. The number of carboxylic acid groups (broad SMARTS) is 1. The predicted molar refractivity (Wildman–Crippen MR) is 65.1 cm³/mol. The van der Waals surface area contributed by atoms with Crippen molar-refractivity contribution < 1.29 is 23.5 Å². The van der Waals surface area contributed by atoms with Gasteiger partial charge in [-0.3, -0.25) is 9.69 Å². The second kappa shape index (κ2) is 5.81. The van der Waals surface area contributed by atoms with Crippen molar-refractivity contribution in [2.24, 2.45) is 0 Å². The van der Waals surface area contributed by atoms with Gasteiger partial charge in [0.25, 0.3) is 5.92 Å². The lowest BCUT2D eigenvalue weighted by Gasteiger charge is -2.30. The van der Waals surface area contributed by atoms with Crippen LogP contribution in [0.3, 0.4) is 0 Å². The third-order valence-electron chi connectivity index (χ3n) is 3.46. The van der Waals surface area contributed by atoms with Crippen molar-refractivity contribution in [1.29, 1.82) is 0 Å². The monoisotopic (exact) mass is 278 g/mol. The van der Waals surface area contributed by atoms with Gasteiger partial charge in [-0.25, -0.2) is 13.6 Å². The van der Waals surface area contributed by atoms with E-state index in [1.165, 1.54) is 0 Å². The number of carbonyl (C=O) groups is 2. The van der Waals surface area contributed by atoms with Crippen LogP contribution in [0.5, 0.6) is 0 Å². The van der Waals surface area contributed by atoms with E-state index in [2.05, 4.69) is 5.32 Å². The third kappa shape index (κ3) is 4.41. The summed E-state index contributed by atoms with van der Waals surface area (Å²) >= 11 is 0. The lowest BCUT2D eigenvalue weighted by molar-refractivity contribution is -0.140. The average molecular weight is 278 g/mol. The second-order valence-corrected chi connectivity index (χ2v) is 5.58. The van der Waals surface area contributed by atoms with Gasteiger partial charge in [-0.1, -0.05) is 0 Å². The van der Waals surface area contributed by atoms with Gasteiger partial charge in [0, 0.05) is 12.0 Å². The molecule has 1 aliphatic heterocycles. The van der Waals surface area contributed by atoms with E-state index in [9.17, 15) is 18.4 Å². The molecule has 0 aromatic heterocycles. The number of carboxylic acids is 1. The van der Waals surface area contributed by atoms with Crippen molar-refractivity contribution in [3.63, 3.8) is 0 Å². The molecule has 0 aromatic rings. The molecule has 1 amide bonds. The van der Waals surface area contributed by atoms with Crippen molar-refractivity contribution in [3.05, 3.63) is 0 Å².